The Balaban J connectivity index is 1.79. The number of piperazine rings is 1. The van der Waals surface area contributed by atoms with Gasteiger partial charge in [-0.05, 0) is 42.7 Å². The van der Waals surface area contributed by atoms with Gasteiger partial charge < -0.3 is 10.1 Å². The van der Waals surface area contributed by atoms with Crippen LogP contribution in [0.1, 0.15) is 39.7 Å². The Hall–Kier alpha value is -2.98. The first kappa shape index (κ1) is 27.6. The van der Waals surface area contributed by atoms with Gasteiger partial charge in [0.15, 0.2) is 0 Å². The summed E-state index contributed by atoms with van der Waals surface area (Å²) >= 11 is 0. The molecule has 2 N–H and O–H groups in total. The van der Waals surface area contributed by atoms with E-state index in [1.807, 2.05) is 20.8 Å². The number of nitrogens with one attached hydrogen (secondary N) is 2. The number of allylic oxidation sites excluding steroid dienone is 1. The lowest BCUT2D eigenvalue weighted by molar-refractivity contribution is -0.177. The van der Waals surface area contributed by atoms with Crippen molar-refractivity contribution in [1.29, 1.82) is 0 Å². The molecule has 1 aliphatic heterocycles. The molecule has 0 spiro atoms. The summed E-state index contributed by atoms with van der Waals surface area (Å²) in [4.78, 5) is 13.4. The van der Waals surface area contributed by atoms with Gasteiger partial charge in [-0.3, -0.25) is 14.4 Å². The molecule has 1 saturated heterocycles. The monoisotopic (exact) mass is 521 g/mol. The zero-order chi connectivity index (χ0) is 26.5. The number of benzene rings is 2. The second-order valence-corrected chi connectivity index (χ2v) is 11.0. The summed E-state index contributed by atoms with van der Waals surface area (Å²) in [6.07, 6.45) is -1.91. The maximum atomic E-state index is 13.5. The minimum Gasteiger partial charge on any atom is -0.433 e. The summed E-state index contributed by atoms with van der Waals surface area (Å²) < 4.78 is 59.8. The van der Waals surface area contributed by atoms with Gasteiger partial charge in [0.05, 0.1) is 10.6 Å². The van der Waals surface area contributed by atoms with Gasteiger partial charge in [-0.15, -0.1) is 0 Å². The van der Waals surface area contributed by atoms with E-state index in [1.165, 1.54) is 35.5 Å². The van der Waals surface area contributed by atoms with Gasteiger partial charge in [-0.1, -0.05) is 57.2 Å². The van der Waals surface area contributed by atoms with Crippen molar-refractivity contribution in [2.45, 2.75) is 63.7 Å². The van der Waals surface area contributed by atoms with E-state index in [0.717, 1.165) is 0 Å². The molecule has 7 nitrogen and oxygen atoms in total. The van der Waals surface area contributed by atoms with Gasteiger partial charge in [-0.25, -0.2) is 8.42 Å². The minimum atomic E-state index is -3.88. The van der Waals surface area contributed by atoms with Crippen molar-refractivity contribution in [3.63, 3.8) is 0 Å². The van der Waals surface area contributed by atoms with E-state index >= 15 is 0 Å². The van der Waals surface area contributed by atoms with Gasteiger partial charge >= 0.3 is 6.11 Å². The number of ether oxygens (including phenoxy) is 1. The predicted octanol–water partition coefficient (Wildman–Crippen LogP) is 4.28. The molecule has 2 aromatic carbocycles. The largest absolute Gasteiger partial charge is 0.433 e. The van der Waals surface area contributed by atoms with Crippen LogP contribution in [-0.2, 0) is 21.4 Å². The Bertz CT molecular complexity index is 1170. The molecule has 10 heteroatoms. The Morgan fingerprint density at radius 2 is 1.83 bits per heavy atom. The Morgan fingerprint density at radius 3 is 2.42 bits per heavy atom. The Kier molecular flexibility index (Phi) is 8.73. The molecule has 3 rings (SSSR count). The molecule has 1 heterocycles. The quantitative estimate of drug-likeness (QED) is 0.515. The summed E-state index contributed by atoms with van der Waals surface area (Å²) in [5.74, 6) is -0.365. The summed E-state index contributed by atoms with van der Waals surface area (Å²) in [6.45, 7) is 7.31. The molecule has 36 heavy (non-hydrogen) atoms. The second-order valence-electron chi connectivity index (χ2n) is 9.14. The smallest absolute Gasteiger partial charge is 0.397 e. The number of nitrogens with zero attached hydrogens (tertiary/aromatic N) is 1. The highest BCUT2D eigenvalue weighted by atomic mass is 32.2. The molecule has 0 saturated carbocycles. The van der Waals surface area contributed by atoms with Crippen LogP contribution in [0.15, 0.2) is 71.3 Å². The first-order valence-electron chi connectivity index (χ1n) is 11.9. The summed E-state index contributed by atoms with van der Waals surface area (Å²) in [7, 11) is -3.88. The summed E-state index contributed by atoms with van der Waals surface area (Å²) in [5, 5.41) is 6.04. The number of carbonyl (C=O) groups is 1. The van der Waals surface area contributed by atoms with Crippen LogP contribution in [0.3, 0.4) is 0 Å². The highest BCUT2D eigenvalue weighted by molar-refractivity contribution is 7.89. The average molecular weight is 522 g/mol. The molecule has 0 aromatic heterocycles. The number of rotatable bonds is 9. The van der Waals surface area contributed by atoms with Crippen LogP contribution in [0.4, 0.5) is 8.78 Å². The fourth-order valence-electron chi connectivity index (χ4n) is 3.82. The zero-order valence-corrected chi connectivity index (χ0v) is 21.7. The first-order chi connectivity index (χ1) is 16.9. The molecule has 1 aliphatic rings. The van der Waals surface area contributed by atoms with Crippen LogP contribution in [0.5, 0.6) is 5.75 Å². The molecule has 196 valence electrons. The molecule has 0 radical (unpaired) electrons. The van der Waals surface area contributed by atoms with E-state index in [1.54, 1.807) is 36.4 Å². The molecular weight excluding hydrogens is 488 g/mol. The van der Waals surface area contributed by atoms with Crippen molar-refractivity contribution in [2.24, 2.45) is 5.92 Å². The van der Waals surface area contributed by atoms with Gasteiger partial charge in [0.25, 0.3) is 10.0 Å². The minimum absolute atomic E-state index is 0.00669. The molecule has 2 unspecified atom stereocenters. The zero-order valence-electron chi connectivity index (χ0n) is 20.9. The molecule has 2 aromatic rings. The topological polar surface area (TPSA) is 87.7 Å². The highest BCUT2D eigenvalue weighted by Crippen LogP contribution is 2.28. The van der Waals surface area contributed by atoms with Crippen LogP contribution in [0.2, 0.25) is 0 Å². The maximum Gasteiger partial charge on any atom is 0.397 e. The van der Waals surface area contributed by atoms with Crippen molar-refractivity contribution < 1.29 is 26.7 Å². The van der Waals surface area contributed by atoms with Crippen LogP contribution in [-0.4, -0.2) is 43.4 Å². The number of hydrogen-bond donors (Lipinski definition) is 2. The van der Waals surface area contributed by atoms with Crippen molar-refractivity contribution in [3.8, 4) is 5.75 Å². The second kappa shape index (κ2) is 11.4. The normalized spacial score (nSPS) is 20.0. The molecule has 2 atom stereocenters. The van der Waals surface area contributed by atoms with Crippen molar-refractivity contribution in [1.82, 2.24) is 14.9 Å². The van der Waals surface area contributed by atoms with Crippen LogP contribution >= 0.6 is 0 Å². The molecule has 0 aliphatic carbocycles. The highest BCUT2D eigenvalue weighted by Gasteiger charge is 2.39. The number of sulfonamides is 1. The molecular formula is C26H33F2N3O4S. The average Bonchev–Trinajstić information content (AvgIpc) is 2.84. The van der Waals surface area contributed by atoms with E-state index in [-0.39, 0.29) is 41.6 Å². The van der Waals surface area contributed by atoms with Crippen molar-refractivity contribution in [2.75, 3.05) is 6.54 Å². The summed E-state index contributed by atoms with van der Waals surface area (Å²) in [6, 6.07) is 13.0. The third kappa shape index (κ3) is 6.82. The number of halogens is 2. The van der Waals surface area contributed by atoms with E-state index < -0.39 is 28.6 Å². The van der Waals surface area contributed by atoms with E-state index in [4.69, 9.17) is 0 Å². The SMILES string of the molecule is CCC(F)(F)Oc1ccc(CNC(=O)C2NC(C)CN(S(=O)(=O)c3ccccc3)C2=CC(C)C)cc1. The van der Waals surface area contributed by atoms with Crippen molar-refractivity contribution >= 4 is 15.9 Å². The number of alkyl halides is 2. The number of amides is 1. The van der Waals surface area contributed by atoms with Crippen LogP contribution < -0.4 is 15.4 Å². The number of carbonyl (C=O) groups excluding carboxylic acids is 1. The standard InChI is InChI=1S/C26H33F2N3O4S/c1-5-26(27,28)35-21-13-11-20(12-14-21)16-29-25(32)24-23(15-18(2)3)31(17-19(4)30-24)36(33,34)22-9-7-6-8-10-22/h6-15,18-19,24,30H,5,16-17H2,1-4H3,(H,29,32). The lowest BCUT2D eigenvalue weighted by Crippen LogP contribution is -2.60. The predicted molar refractivity (Wildman–Crippen MR) is 134 cm³/mol. The van der Waals surface area contributed by atoms with E-state index in [2.05, 4.69) is 15.4 Å². The fraction of sp³-hybridized carbons (Fsp3) is 0.423. The lowest BCUT2D eigenvalue weighted by Gasteiger charge is -2.40. The Morgan fingerprint density at radius 1 is 1.19 bits per heavy atom. The third-order valence-corrected chi connectivity index (χ3v) is 7.45. The third-order valence-electron chi connectivity index (χ3n) is 5.64. The Labute approximate surface area is 211 Å². The van der Waals surface area contributed by atoms with E-state index in [9.17, 15) is 22.0 Å². The summed E-state index contributed by atoms with van der Waals surface area (Å²) in [5.41, 5.74) is 1.05. The van der Waals surface area contributed by atoms with Gasteiger partial charge in [0.2, 0.25) is 5.91 Å². The maximum absolute atomic E-state index is 13.5. The fourth-order valence-corrected chi connectivity index (χ4v) is 5.44. The first-order valence-corrected chi connectivity index (χ1v) is 13.4. The van der Waals surface area contributed by atoms with Gasteiger partial charge in [0, 0.05) is 25.6 Å². The van der Waals surface area contributed by atoms with Crippen LogP contribution in [0.25, 0.3) is 0 Å². The van der Waals surface area contributed by atoms with Crippen molar-refractivity contribution in [3.05, 3.63) is 71.9 Å². The molecule has 1 amide bonds. The van der Waals surface area contributed by atoms with E-state index in [0.29, 0.717) is 11.3 Å². The van der Waals surface area contributed by atoms with Crippen LogP contribution in [0, 0.1) is 5.92 Å². The molecule has 1 fully saturated rings. The van der Waals surface area contributed by atoms with Gasteiger partial charge in [-0.2, -0.15) is 8.78 Å². The lowest BCUT2D eigenvalue weighted by atomic mass is 10.0. The number of hydrogen-bond acceptors (Lipinski definition) is 5. The van der Waals surface area contributed by atoms with Gasteiger partial charge in [0.1, 0.15) is 11.8 Å². The molecule has 0 bridgehead atoms.